The lowest BCUT2D eigenvalue weighted by Crippen LogP contribution is -2.59. The zero-order valence-corrected chi connectivity index (χ0v) is 16.4. The van der Waals surface area contributed by atoms with E-state index in [0.717, 1.165) is 11.3 Å². The second-order valence-corrected chi connectivity index (χ2v) is 7.59. The number of methoxy groups -OCH3 is 1. The van der Waals surface area contributed by atoms with Crippen LogP contribution in [-0.4, -0.2) is 48.0 Å². The second-order valence-electron chi connectivity index (χ2n) is 7.59. The fraction of sp³-hybridized carbons (Fsp3) is 0.550. The highest BCUT2D eigenvalue weighted by molar-refractivity contribution is 6.06. The molecule has 1 aromatic carbocycles. The summed E-state index contributed by atoms with van der Waals surface area (Å²) in [5, 5.41) is 4.07. The van der Waals surface area contributed by atoms with Crippen molar-refractivity contribution in [1.82, 2.24) is 4.90 Å². The molecule has 7 nitrogen and oxygen atoms in total. The maximum Gasteiger partial charge on any atom is 0.417 e. The summed E-state index contributed by atoms with van der Waals surface area (Å²) in [6.45, 7) is 8.19. The first-order chi connectivity index (χ1) is 12.8. The Bertz CT molecular complexity index is 746. The Balaban J connectivity index is 1.79. The van der Waals surface area contributed by atoms with Crippen molar-refractivity contribution in [3.05, 3.63) is 29.8 Å². The number of carbonyl (C=O) groups is 2. The fourth-order valence-electron chi connectivity index (χ4n) is 3.90. The van der Waals surface area contributed by atoms with E-state index < -0.39 is 23.6 Å². The van der Waals surface area contributed by atoms with E-state index in [1.807, 2.05) is 52.0 Å². The largest absolute Gasteiger partial charge is 0.497 e. The van der Waals surface area contributed by atoms with Crippen LogP contribution in [0.5, 0.6) is 5.75 Å². The predicted octanol–water partition coefficient (Wildman–Crippen LogP) is 3.22. The van der Waals surface area contributed by atoms with Gasteiger partial charge in [0.1, 0.15) is 12.4 Å². The molecule has 0 aromatic heterocycles. The minimum absolute atomic E-state index is 0.0521. The van der Waals surface area contributed by atoms with E-state index in [0.29, 0.717) is 12.1 Å². The summed E-state index contributed by atoms with van der Waals surface area (Å²) in [4.78, 5) is 32.2. The number of hydrogen-bond acceptors (Lipinski definition) is 6. The molecule has 0 bridgehead atoms. The first-order valence-electron chi connectivity index (χ1n) is 9.19. The van der Waals surface area contributed by atoms with Crippen molar-refractivity contribution in [2.45, 2.75) is 45.8 Å². The number of ether oxygens (including phenoxy) is 2. The van der Waals surface area contributed by atoms with Crippen LogP contribution in [0.1, 0.15) is 39.7 Å². The summed E-state index contributed by atoms with van der Waals surface area (Å²) < 4.78 is 10.4. The van der Waals surface area contributed by atoms with E-state index in [4.69, 9.17) is 14.3 Å². The van der Waals surface area contributed by atoms with Crippen molar-refractivity contribution in [1.29, 1.82) is 0 Å². The summed E-state index contributed by atoms with van der Waals surface area (Å²) >= 11 is 0. The molecule has 1 aromatic rings. The highest BCUT2D eigenvalue weighted by atomic mass is 16.6. The van der Waals surface area contributed by atoms with Crippen LogP contribution in [0, 0.1) is 11.8 Å². The Morgan fingerprint density at radius 3 is 2.41 bits per heavy atom. The lowest BCUT2D eigenvalue weighted by Gasteiger charge is -2.41. The molecule has 2 heterocycles. The van der Waals surface area contributed by atoms with Gasteiger partial charge < -0.3 is 14.3 Å². The number of nitrogens with zero attached hydrogens (tertiary/aromatic N) is 2. The minimum atomic E-state index is -0.829. The molecule has 0 radical (unpaired) electrons. The molecular formula is C20H26N2O5. The number of cyclic esters (lactones) is 1. The zero-order valence-electron chi connectivity index (χ0n) is 16.4. The molecule has 3 rings (SSSR count). The zero-order chi connectivity index (χ0) is 19.8. The molecular weight excluding hydrogens is 348 g/mol. The van der Waals surface area contributed by atoms with Gasteiger partial charge in [0.05, 0.1) is 18.4 Å². The summed E-state index contributed by atoms with van der Waals surface area (Å²) in [6.07, 6.45) is -1.13. The topological polar surface area (TPSA) is 77.4 Å². The van der Waals surface area contributed by atoms with E-state index in [2.05, 4.69) is 5.16 Å². The second kappa shape index (κ2) is 7.21. The normalized spacial score (nSPS) is 21.3. The summed E-state index contributed by atoms with van der Waals surface area (Å²) in [6, 6.07) is 7.38. The minimum Gasteiger partial charge on any atom is -0.497 e. The van der Waals surface area contributed by atoms with Crippen LogP contribution >= 0.6 is 0 Å². The van der Waals surface area contributed by atoms with Gasteiger partial charge in [-0.3, -0.25) is 4.79 Å². The van der Waals surface area contributed by atoms with Crippen molar-refractivity contribution in [3.8, 4) is 5.75 Å². The van der Waals surface area contributed by atoms with Gasteiger partial charge in [0.15, 0.2) is 0 Å². The van der Waals surface area contributed by atoms with E-state index in [1.54, 1.807) is 7.11 Å². The van der Waals surface area contributed by atoms with Crippen LogP contribution in [0.15, 0.2) is 29.4 Å². The number of oxime groups is 1. The predicted molar refractivity (Wildman–Crippen MR) is 99.6 cm³/mol. The van der Waals surface area contributed by atoms with Crippen LogP contribution in [0.3, 0.4) is 0 Å². The van der Waals surface area contributed by atoms with Gasteiger partial charge in [-0.25, -0.2) is 9.69 Å². The van der Waals surface area contributed by atoms with E-state index in [-0.39, 0.29) is 18.4 Å². The Labute approximate surface area is 159 Å². The fourth-order valence-corrected chi connectivity index (χ4v) is 3.90. The van der Waals surface area contributed by atoms with E-state index in [9.17, 15) is 9.59 Å². The van der Waals surface area contributed by atoms with Crippen molar-refractivity contribution in [2.75, 3.05) is 13.7 Å². The molecule has 2 aliphatic heterocycles. The molecule has 2 amide bonds. The van der Waals surface area contributed by atoms with Gasteiger partial charge in [-0.15, -0.1) is 0 Å². The smallest absolute Gasteiger partial charge is 0.417 e. The highest BCUT2D eigenvalue weighted by Gasteiger charge is 2.56. The summed E-state index contributed by atoms with van der Waals surface area (Å²) in [5.74, 6) is 0.448. The number of amides is 2. The monoisotopic (exact) mass is 374 g/mol. The Kier molecular flexibility index (Phi) is 5.13. The highest BCUT2D eigenvalue weighted by Crippen LogP contribution is 2.39. The molecule has 1 atom stereocenters. The third kappa shape index (κ3) is 3.15. The molecule has 0 N–H and O–H groups in total. The Hall–Kier alpha value is -2.57. The average molecular weight is 374 g/mol. The van der Waals surface area contributed by atoms with Crippen LogP contribution in [-0.2, 0) is 14.4 Å². The molecule has 27 heavy (non-hydrogen) atoms. The number of carbonyl (C=O) groups excluding carboxylic acids is 2. The SMILES string of the molecule is COc1ccc(C2=NOC(C(=O)N3C(=O)OCC3(C(C)C)C(C)C)C2)cc1. The Morgan fingerprint density at radius 2 is 1.85 bits per heavy atom. The number of benzene rings is 1. The van der Waals surface area contributed by atoms with Crippen molar-refractivity contribution >= 4 is 17.7 Å². The average Bonchev–Trinajstić information content (AvgIpc) is 3.27. The molecule has 1 unspecified atom stereocenters. The third-order valence-corrected chi connectivity index (χ3v) is 5.61. The molecule has 2 aliphatic rings. The lowest BCUT2D eigenvalue weighted by molar-refractivity contribution is -0.145. The van der Waals surface area contributed by atoms with Gasteiger partial charge in [0.2, 0.25) is 6.10 Å². The van der Waals surface area contributed by atoms with Crippen LogP contribution in [0.4, 0.5) is 4.79 Å². The molecule has 0 saturated carbocycles. The molecule has 146 valence electrons. The number of hydrogen-bond donors (Lipinski definition) is 0. The number of rotatable bonds is 5. The van der Waals surface area contributed by atoms with Crippen LogP contribution in [0.2, 0.25) is 0 Å². The van der Waals surface area contributed by atoms with Crippen molar-refractivity contribution < 1.29 is 23.9 Å². The first kappa shape index (κ1) is 19.2. The van der Waals surface area contributed by atoms with Gasteiger partial charge in [-0.2, -0.15) is 0 Å². The van der Waals surface area contributed by atoms with Crippen molar-refractivity contribution in [2.24, 2.45) is 17.0 Å². The van der Waals surface area contributed by atoms with Gasteiger partial charge >= 0.3 is 6.09 Å². The van der Waals surface area contributed by atoms with Crippen LogP contribution < -0.4 is 4.74 Å². The van der Waals surface area contributed by atoms with E-state index >= 15 is 0 Å². The molecule has 7 heteroatoms. The molecule has 1 fully saturated rings. The maximum atomic E-state index is 13.2. The van der Waals surface area contributed by atoms with Gasteiger partial charge in [0.25, 0.3) is 5.91 Å². The van der Waals surface area contributed by atoms with Crippen LogP contribution in [0.25, 0.3) is 0 Å². The first-order valence-corrected chi connectivity index (χ1v) is 9.19. The maximum absolute atomic E-state index is 13.2. The van der Waals surface area contributed by atoms with Gasteiger partial charge in [0, 0.05) is 6.42 Å². The molecule has 0 spiro atoms. The van der Waals surface area contributed by atoms with Gasteiger partial charge in [-0.1, -0.05) is 32.9 Å². The van der Waals surface area contributed by atoms with Gasteiger partial charge in [-0.05, 0) is 41.7 Å². The Morgan fingerprint density at radius 1 is 1.22 bits per heavy atom. The molecule has 0 aliphatic carbocycles. The quantitative estimate of drug-likeness (QED) is 0.791. The number of imide groups is 1. The summed E-state index contributed by atoms with van der Waals surface area (Å²) in [5.41, 5.74) is 0.845. The summed E-state index contributed by atoms with van der Waals surface area (Å²) in [7, 11) is 1.60. The molecule has 1 saturated heterocycles. The lowest BCUT2D eigenvalue weighted by atomic mass is 9.76. The standard InChI is InChI=1S/C20H26N2O5/c1-12(2)20(13(3)4)11-26-19(24)22(20)18(23)17-10-16(21-27-17)14-6-8-15(25-5)9-7-14/h6-9,12-13,17H,10-11H2,1-5H3. The van der Waals surface area contributed by atoms with E-state index in [1.165, 1.54) is 4.90 Å². The third-order valence-electron chi connectivity index (χ3n) is 5.61. The van der Waals surface area contributed by atoms with Crippen molar-refractivity contribution in [3.63, 3.8) is 0 Å².